The van der Waals surface area contributed by atoms with Crippen LogP contribution in [0.3, 0.4) is 0 Å². The molecule has 3 atom stereocenters. The van der Waals surface area contributed by atoms with E-state index < -0.39 is 35.7 Å². The second-order valence-electron chi connectivity index (χ2n) is 10.1. The zero-order valence-corrected chi connectivity index (χ0v) is 24.5. The molecule has 3 N–H and O–H groups in total. The first-order chi connectivity index (χ1) is 19.2. The molecule has 1 aliphatic carbocycles. The number of carbonyl (C=O) groups is 2. The van der Waals surface area contributed by atoms with E-state index in [1.165, 1.54) is 11.0 Å². The topological polar surface area (TPSA) is 129 Å². The molecule has 1 aliphatic rings. The van der Waals surface area contributed by atoms with Gasteiger partial charge in [0.15, 0.2) is 0 Å². The molecule has 2 amide bonds. The van der Waals surface area contributed by atoms with Gasteiger partial charge in [-0.05, 0) is 65.3 Å². The highest BCUT2D eigenvalue weighted by Gasteiger charge is 2.41. The number of benzene rings is 2. The average molecular weight is 661 g/mol. The van der Waals surface area contributed by atoms with Crippen molar-refractivity contribution < 1.29 is 29.0 Å². The van der Waals surface area contributed by atoms with Crippen LogP contribution in [0.4, 0.5) is 0 Å². The molecule has 0 aliphatic heterocycles. The molecule has 1 heterocycles. The first-order valence-electron chi connectivity index (χ1n) is 13.2. The van der Waals surface area contributed by atoms with Crippen LogP contribution < -0.4 is 15.7 Å². The third kappa shape index (κ3) is 6.91. The van der Waals surface area contributed by atoms with Crippen LogP contribution in [0.2, 0.25) is 0 Å². The Hall–Kier alpha value is -3.22. The van der Waals surface area contributed by atoms with Gasteiger partial charge >= 0.3 is 5.63 Å². The quantitative estimate of drug-likeness (QED) is 0.224. The lowest BCUT2D eigenvalue weighted by Crippen LogP contribution is -2.56. The molecule has 4 rings (SSSR count). The maximum atomic E-state index is 14.0. The van der Waals surface area contributed by atoms with Gasteiger partial charge in [0.2, 0.25) is 5.91 Å². The smallest absolute Gasteiger partial charge is 0.349 e. The molecule has 0 unspecified atom stereocenters. The molecule has 9 nitrogen and oxygen atoms in total. The van der Waals surface area contributed by atoms with Crippen LogP contribution in [-0.4, -0.2) is 64.9 Å². The number of nitrogens with zero attached hydrogens (tertiary/aromatic N) is 1. The minimum absolute atomic E-state index is 0.0346. The summed E-state index contributed by atoms with van der Waals surface area (Å²) in [6.07, 6.45) is 0.0476. The van der Waals surface area contributed by atoms with Crippen LogP contribution in [0.25, 0.3) is 11.0 Å². The van der Waals surface area contributed by atoms with Gasteiger partial charge in [-0.15, -0.1) is 0 Å². The van der Waals surface area contributed by atoms with Crippen LogP contribution in [0.1, 0.15) is 37.0 Å². The second-order valence-corrected chi connectivity index (χ2v) is 11.3. The molecule has 0 bridgehead atoms. The van der Waals surface area contributed by atoms with Gasteiger partial charge in [0.1, 0.15) is 29.1 Å². The van der Waals surface area contributed by atoms with Crippen LogP contribution >= 0.6 is 22.6 Å². The zero-order valence-electron chi connectivity index (χ0n) is 22.4. The van der Waals surface area contributed by atoms with Gasteiger partial charge in [-0.3, -0.25) is 9.59 Å². The van der Waals surface area contributed by atoms with Crippen molar-refractivity contribution in [3.8, 4) is 5.75 Å². The van der Waals surface area contributed by atoms with E-state index in [1.54, 1.807) is 42.5 Å². The minimum atomic E-state index is -1.20. The third-order valence-corrected chi connectivity index (χ3v) is 7.69. The molecular formula is C30H33IN2O7. The van der Waals surface area contributed by atoms with Crippen LogP contribution in [0.15, 0.2) is 75.5 Å². The Morgan fingerprint density at radius 3 is 2.62 bits per heavy atom. The number of para-hydroxylation sites is 2. The number of amides is 2. The van der Waals surface area contributed by atoms with Crippen molar-refractivity contribution in [2.45, 2.75) is 44.9 Å². The molecule has 3 aromatic rings. The highest BCUT2D eigenvalue weighted by molar-refractivity contribution is 14.1. The molecule has 10 heteroatoms. The van der Waals surface area contributed by atoms with E-state index in [1.807, 2.05) is 26.0 Å². The van der Waals surface area contributed by atoms with Gasteiger partial charge in [0, 0.05) is 30.5 Å². The van der Waals surface area contributed by atoms with E-state index in [-0.39, 0.29) is 37.6 Å². The van der Waals surface area contributed by atoms with E-state index in [4.69, 9.17) is 9.15 Å². The summed E-state index contributed by atoms with van der Waals surface area (Å²) in [6, 6.07) is 14.9. The fraction of sp³-hybridized carbons (Fsp3) is 0.367. The Morgan fingerprint density at radius 1 is 1.18 bits per heavy atom. The zero-order chi connectivity index (χ0) is 28.8. The van der Waals surface area contributed by atoms with E-state index in [2.05, 4.69) is 27.9 Å². The number of rotatable bonds is 10. The minimum Gasteiger partial charge on any atom is -0.482 e. The molecule has 212 valence electrons. The van der Waals surface area contributed by atoms with Crippen molar-refractivity contribution in [3.63, 3.8) is 0 Å². The van der Waals surface area contributed by atoms with Gasteiger partial charge in [-0.25, -0.2) is 4.79 Å². The molecule has 40 heavy (non-hydrogen) atoms. The summed E-state index contributed by atoms with van der Waals surface area (Å²) in [5.41, 5.74) is -0.239. The van der Waals surface area contributed by atoms with Crippen LogP contribution in [0, 0.1) is 9.49 Å². The molecule has 0 spiro atoms. The molecule has 0 saturated carbocycles. The maximum Gasteiger partial charge on any atom is 0.349 e. The number of carbonyl (C=O) groups excluding carboxylic acids is 2. The number of hydrogen-bond acceptors (Lipinski definition) is 7. The molecule has 0 fully saturated rings. The fourth-order valence-electron chi connectivity index (χ4n) is 4.65. The molecular weight excluding hydrogens is 627 g/mol. The van der Waals surface area contributed by atoms with E-state index in [0.717, 1.165) is 3.57 Å². The highest BCUT2D eigenvalue weighted by atomic mass is 127. The Bertz CT molecular complexity index is 1450. The van der Waals surface area contributed by atoms with Crippen molar-refractivity contribution in [2.24, 2.45) is 5.92 Å². The van der Waals surface area contributed by atoms with Gasteiger partial charge in [-0.2, -0.15) is 0 Å². The summed E-state index contributed by atoms with van der Waals surface area (Å²) < 4.78 is 12.4. The van der Waals surface area contributed by atoms with E-state index >= 15 is 0 Å². The van der Waals surface area contributed by atoms with Gasteiger partial charge in [-0.1, -0.05) is 44.2 Å². The number of aliphatic hydroxyl groups is 2. The Labute approximate surface area is 246 Å². The largest absolute Gasteiger partial charge is 0.482 e. The molecule has 0 saturated heterocycles. The van der Waals surface area contributed by atoms with Gasteiger partial charge in [0.05, 0.1) is 16.2 Å². The number of fused-ring (bicyclic) bond motifs is 1. The maximum absolute atomic E-state index is 14.0. The predicted octanol–water partition coefficient (Wildman–Crippen LogP) is 3.50. The fourth-order valence-corrected chi connectivity index (χ4v) is 5.16. The lowest BCUT2D eigenvalue weighted by Gasteiger charge is -2.40. The summed E-state index contributed by atoms with van der Waals surface area (Å²) in [5, 5.41) is 24.0. The third-order valence-electron chi connectivity index (χ3n) is 6.79. The van der Waals surface area contributed by atoms with Crippen molar-refractivity contribution in [3.05, 3.63) is 85.8 Å². The lowest BCUT2D eigenvalue weighted by atomic mass is 9.87. The van der Waals surface area contributed by atoms with Crippen molar-refractivity contribution in [1.82, 2.24) is 10.2 Å². The van der Waals surface area contributed by atoms with Crippen molar-refractivity contribution in [2.75, 3.05) is 19.7 Å². The first-order valence-corrected chi connectivity index (χ1v) is 14.3. The Balaban J connectivity index is 1.74. The predicted molar refractivity (Wildman–Crippen MR) is 159 cm³/mol. The summed E-state index contributed by atoms with van der Waals surface area (Å²) in [5.74, 6) is -0.266. The van der Waals surface area contributed by atoms with Gasteiger partial charge < -0.3 is 29.6 Å². The molecule has 1 aromatic heterocycles. The van der Waals surface area contributed by atoms with Crippen molar-refractivity contribution in [1.29, 1.82) is 0 Å². The average Bonchev–Trinajstić information content (AvgIpc) is 2.94. The lowest BCUT2D eigenvalue weighted by molar-refractivity contribution is -0.118. The molecule has 0 radical (unpaired) electrons. The summed E-state index contributed by atoms with van der Waals surface area (Å²) in [7, 11) is 0. The Morgan fingerprint density at radius 2 is 1.90 bits per heavy atom. The SMILES string of the molecule is CC(C)CCN(C(=O)c1cc2ccccc2oc1=O)[C@@H]1CC(C(=O)NCCO)=C[C@H](Oc2ccccc2I)[C@H]1O. The number of nitrogens with one attached hydrogen (secondary N) is 1. The Kier molecular flexibility index (Phi) is 9.99. The summed E-state index contributed by atoms with van der Waals surface area (Å²) in [4.78, 5) is 41.4. The first kappa shape index (κ1) is 29.8. The summed E-state index contributed by atoms with van der Waals surface area (Å²) in [6.45, 7) is 4.09. The normalized spacial score (nSPS) is 18.9. The highest BCUT2D eigenvalue weighted by Crippen LogP contribution is 2.30. The summed E-state index contributed by atoms with van der Waals surface area (Å²) >= 11 is 2.12. The number of ether oxygens (including phenoxy) is 1. The second kappa shape index (κ2) is 13.4. The van der Waals surface area contributed by atoms with E-state index in [9.17, 15) is 24.6 Å². The number of halogens is 1. The number of aliphatic hydroxyl groups excluding tert-OH is 2. The standard InChI is InChI=1S/C30H33IN2O7/c1-18(2)11-13-33(29(37)21-15-19-7-3-5-9-24(19)40-30(21)38)23-16-20(28(36)32-12-14-34)17-26(27(23)35)39-25-10-6-4-8-22(25)31/h3-10,15,17-18,23,26-27,34-35H,11-14,16H2,1-2H3,(H,32,36)/t23-,26+,27+/m1/s1. The number of hydrogen-bond donors (Lipinski definition) is 3. The van der Waals surface area contributed by atoms with Gasteiger partial charge in [0.25, 0.3) is 5.91 Å². The van der Waals surface area contributed by atoms with E-state index in [0.29, 0.717) is 28.7 Å². The monoisotopic (exact) mass is 660 g/mol. The van der Waals surface area contributed by atoms with Crippen molar-refractivity contribution >= 4 is 45.4 Å². The molecule has 2 aromatic carbocycles. The van der Waals surface area contributed by atoms with Crippen LogP contribution in [-0.2, 0) is 4.79 Å². The van der Waals surface area contributed by atoms with Crippen LogP contribution in [0.5, 0.6) is 5.75 Å².